The molecule has 454 valence electrons. The van der Waals surface area contributed by atoms with Crippen molar-refractivity contribution in [3.8, 4) is 0 Å². The van der Waals surface area contributed by atoms with Crippen LogP contribution in [-0.2, 0) is 33.2 Å². The first-order valence-corrected chi connectivity index (χ1v) is 30.8. The molecule has 0 aromatic rings. The summed E-state index contributed by atoms with van der Waals surface area (Å²) in [5.41, 5.74) is 0. The highest BCUT2D eigenvalue weighted by atomic mass is 16.7. The van der Waals surface area contributed by atoms with Gasteiger partial charge in [0.25, 0.3) is 0 Å². The van der Waals surface area contributed by atoms with E-state index in [4.69, 9.17) is 28.4 Å². The summed E-state index contributed by atoms with van der Waals surface area (Å²) >= 11 is 0. The minimum atomic E-state index is -1.72. The minimum absolute atomic E-state index is 0.0464. The Morgan fingerprint density at radius 2 is 0.823 bits per heavy atom. The van der Waals surface area contributed by atoms with E-state index in [-0.39, 0.29) is 25.6 Å². The smallest absolute Gasteiger partial charge is 0.306 e. The molecule has 2 fully saturated rings. The van der Waals surface area contributed by atoms with E-state index in [0.29, 0.717) is 13.0 Å². The highest BCUT2D eigenvalue weighted by molar-refractivity contribution is 5.69. The predicted octanol–water partition coefficient (Wildman–Crippen LogP) is 11.7. The van der Waals surface area contributed by atoms with Crippen LogP contribution < -0.4 is 0 Å². The Labute approximate surface area is 477 Å². The molecule has 0 aromatic carbocycles. The molecule has 0 aromatic heterocycles. The Morgan fingerprint density at radius 1 is 0.430 bits per heavy atom. The average Bonchev–Trinajstić information content (AvgIpc) is 3.46. The number of aliphatic hydroxyl groups is 7. The molecular formula is C65H110O14. The SMILES string of the molecule is CC/C=C\C/C=C\C/C=C\C/C=C\C/C=C\C/C=C\CCCCCCCCCOCC(COC1OC(COC2OC(CO)C(O)C(O)C2O)C(O)C(O)C1O)OC(=O)CCCCCCCCCCC/C=C\C/C=C\CCCCC. The quantitative estimate of drug-likeness (QED) is 0.0172. The number of rotatable bonds is 49. The number of carbonyl (C=O) groups excluding carboxylic acids is 1. The molecular weight excluding hydrogens is 1000 g/mol. The Kier molecular flexibility index (Phi) is 46.1. The summed E-state index contributed by atoms with van der Waals surface area (Å²) in [4.78, 5) is 13.1. The zero-order valence-corrected chi connectivity index (χ0v) is 48.8. The van der Waals surface area contributed by atoms with Gasteiger partial charge in [0, 0.05) is 13.0 Å². The third-order valence-electron chi connectivity index (χ3n) is 14.1. The first-order valence-electron chi connectivity index (χ1n) is 30.8. The second-order valence-corrected chi connectivity index (χ2v) is 21.1. The lowest BCUT2D eigenvalue weighted by Gasteiger charge is -2.42. The molecule has 7 N–H and O–H groups in total. The molecule has 2 aliphatic heterocycles. The Bertz CT molecular complexity index is 1670. The fourth-order valence-corrected chi connectivity index (χ4v) is 9.14. The van der Waals surface area contributed by atoms with Gasteiger partial charge >= 0.3 is 5.97 Å². The molecule has 2 heterocycles. The van der Waals surface area contributed by atoms with Gasteiger partial charge in [0.05, 0.1) is 26.4 Å². The number of allylic oxidation sites excluding steroid dienone is 16. The van der Waals surface area contributed by atoms with E-state index in [0.717, 1.165) is 103 Å². The van der Waals surface area contributed by atoms with Crippen molar-refractivity contribution in [1.29, 1.82) is 0 Å². The van der Waals surface area contributed by atoms with Gasteiger partial charge in [-0.15, -0.1) is 0 Å². The molecule has 0 aliphatic carbocycles. The van der Waals surface area contributed by atoms with Crippen LogP contribution in [0.2, 0.25) is 0 Å². The molecule has 2 rings (SSSR count). The van der Waals surface area contributed by atoms with Gasteiger partial charge < -0.3 is 64.2 Å². The van der Waals surface area contributed by atoms with Gasteiger partial charge in [-0.1, -0.05) is 201 Å². The summed E-state index contributed by atoms with van der Waals surface area (Å²) in [6.45, 7) is 3.52. The van der Waals surface area contributed by atoms with Crippen molar-refractivity contribution >= 4 is 5.97 Å². The van der Waals surface area contributed by atoms with E-state index in [1.807, 2.05) is 0 Å². The van der Waals surface area contributed by atoms with Crippen molar-refractivity contribution in [3.05, 3.63) is 97.2 Å². The van der Waals surface area contributed by atoms with E-state index >= 15 is 0 Å². The maximum Gasteiger partial charge on any atom is 0.306 e. The van der Waals surface area contributed by atoms with Crippen LogP contribution in [0.5, 0.6) is 0 Å². The zero-order chi connectivity index (χ0) is 57.2. The van der Waals surface area contributed by atoms with Gasteiger partial charge in [-0.25, -0.2) is 0 Å². The molecule has 11 unspecified atom stereocenters. The Hall–Kier alpha value is -3.09. The number of aliphatic hydroxyl groups excluding tert-OH is 7. The van der Waals surface area contributed by atoms with Crippen LogP contribution in [0.3, 0.4) is 0 Å². The lowest BCUT2D eigenvalue weighted by Crippen LogP contribution is -2.61. The van der Waals surface area contributed by atoms with E-state index in [1.54, 1.807) is 0 Å². The summed E-state index contributed by atoms with van der Waals surface area (Å²) in [6, 6.07) is 0. The molecule has 11 atom stereocenters. The van der Waals surface area contributed by atoms with Crippen LogP contribution in [0.1, 0.15) is 206 Å². The second-order valence-electron chi connectivity index (χ2n) is 21.1. The highest BCUT2D eigenvalue weighted by Gasteiger charge is 2.47. The Balaban J connectivity index is 1.70. The average molecular weight is 1120 g/mol. The van der Waals surface area contributed by atoms with E-state index in [9.17, 15) is 40.5 Å². The molecule has 14 heteroatoms. The maximum atomic E-state index is 13.1. The van der Waals surface area contributed by atoms with E-state index in [1.165, 1.54) is 77.0 Å². The number of hydrogen-bond acceptors (Lipinski definition) is 14. The third kappa shape index (κ3) is 36.9. The van der Waals surface area contributed by atoms with Gasteiger partial charge in [-0.3, -0.25) is 4.79 Å². The van der Waals surface area contributed by atoms with Crippen molar-refractivity contribution in [3.63, 3.8) is 0 Å². The van der Waals surface area contributed by atoms with Crippen molar-refractivity contribution in [1.82, 2.24) is 0 Å². The fraction of sp³-hybridized carbons (Fsp3) is 0.738. The van der Waals surface area contributed by atoms with Crippen LogP contribution in [0.15, 0.2) is 97.2 Å². The molecule has 2 aliphatic rings. The summed E-state index contributed by atoms with van der Waals surface area (Å²) in [7, 11) is 0. The van der Waals surface area contributed by atoms with Crippen molar-refractivity contribution < 1.29 is 69.0 Å². The summed E-state index contributed by atoms with van der Waals surface area (Å²) in [6.07, 6.45) is 51.7. The molecule has 0 spiro atoms. The van der Waals surface area contributed by atoms with Crippen molar-refractivity contribution in [2.75, 3.05) is 33.0 Å². The third-order valence-corrected chi connectivity index (χ3v) is 14.1. The van der Waals surface area contributed by atoms with Gasteiger partial charge in [-0.05, 0) is 96.3 Å². The lowest BCUT2D eigenvalue weighted by molar-refractivity contribution is -0.332. The Morgan fingerprint density at radius 3 is 1.29 bits per heavy atom. The zero-order valence-electron chi connectivity index (χ0n) is 48.8. The number of esters is 1. The topological polar surface area (TPSA) is 214 Å². The first-order chi connectivity index (χ1) is 38.6. The maximum absolute atomic E-state index is 13.1. The van der Waals surface area contributed by atoms with Crippen LogP contribution in [0.4, 0.5) is 0 Å². The van der Waals surface area contributed by atoms with Crippen molar-refractivity contribution in [2.24, 2.45) is 0 Å². The van der Waals surface area contributed by atoms with Crippen LogP contribution in [0, 0.1) is 0 Å². The lowest BCUT2D eigenvalue weighted by atomic mass is 9.98. The standard InChI is InChI=1S/C65H110O14/c1-3-5-7-9-11-13-15-17-19-21-23-24-25-26-27-28-29-31-33-35-37-39-41-43-45-47-49-74-51-54(77-57(67)48-46-44-42-40-38-36-34-32-30-22-20-18-16-14-12-10-8-6-4-2)52-75-64-63(73)61(71)59(69)56(79-64)53-76-65-62(72)60(70)58(68)55(50-66)78-65/h5,7,11-14,17-20,23-24,26-27,29,31,54-56,58-66,68-73H,3-4,6,8-10,15-16,21-22,25,28,30,32-53H2,1-2H3/b7-5-,13-11-,14-12-,19-17-,20-18-,24-23-,27-26-,31-29-. The normalized spacial score (nSPS) is 24.7. The number of hydrogen-bond donors (Lipinski definition) is 7. The second kappa shape index (κ2) is 50.6. The van der Waals surface area contributed by atoms with Gasteiger partial charge in [0.15, 0.2) is 12.6 Å². The molecule has 0 amide bonds. The number of carbonyl (C=O) groups is 1. The minimum Gasteiger partial charge on any atom is -0.457 e. The number of unbranched alkanes of at least 4 members (excludes halogenated alkanes) is 19. The van der Waals surface area contributed by atoms with Gasteiger partial charge in [-0.2, -0.15) is 0 Å². The van der Waals surface area contributed by atoms with Crippen LogP contribution in [0.25, 0.3) is 0 Å². The summed E-state index contributed by atoms with van der Waals surface area (Å²) < 4.78 is 34.4. The highest BCUT2D eigenvalue weighted by Crippen LogP contribution is 2.27. The van der Waals surface area contributed by atoms with Crippen LogP contribution >= 0.6 is 0 Å². The van der Waals surface area contributed by atoms with Gasteiger partial charge in [0.1, 0.15) is 54.9 Å². The fourth-order valence-electron chi connectivity index (χ4n) is 9.14. The monoisotopic (exact) mass is 1110 g/mol. The summed E-state index contributed by atoms with van der Waals surface area (Å²) in [5, 5.41) is 72.4. The largest absolute Gasteiger partial charge is 0.457 e. The molecule has 79 heavy (non-hydrogen) atoms. The summed E-state index contributed by atoms with van der Waals surface area (Å²) in [5.74, 6) is -0.388. The molecule has 0 bridgehead atoms. The first kappa shape index (κ1) is 72.0. The van der Waals surface area contributed by atoms with E-state index < -0.39 is 80.7 Å². The molecule has 0 radical (unpaired) electrons. The van der Waals surface area contributed by atoms with Gasteiger partial charge in [0.2, 0.25) is 0 Å². The molecule has 0 saturated carbocycles. The predicted molar refractivity (Wildman–Crippen MR) is 316 cm³/mol. The van der Waals surface area contributed by atoms with Crippen LogP contribution in [-0.4, -0.2) is 142 Å². The number of ether oxygens (including phenoxy) is 6. The van der Waals surface area contributed by atoms with Crippen molar-refractivity contribution in [2.45, 2.75) is 274 Å². The molecule has 2 saturated heterocycles. The van der Waals surface area contributed by atoms with E-state index in [2.05, 4.69) is 111 Å². The molecule has 14 nitrogen and oxygen atoms in total.